The van der Waals surface area contributed by atoms with Crippen molar-refractivity contribution in [3.05, 3.63) is 82.6 Å². The van der Waals surface area contributed by atoms with Crippen LogP contribution in [0.25, 0.3) is 0 Å². The number of halogens is 3. The predicted octanol–water partition coefficient (Wildman–Crippen LogP) is 5.01. The fraction of sp³-hybridized carbons (Fsp3) is 0.100. The van der Waals surface area contributed by atoms with Crippen molar-refractivity contribution >= 4 is 17.6 Å². The molecule has 0 amide bonds. The summed E-state index contributed by atoms with van der Waals surface area (Å²) in [5.74, 6) is -2.06. The number of carboxylic acids is 1. The molecule has 3 rings (SSSR count). The van der Waals surface area contributed by atoms with Crippen LogP contribution < -0.4 is 9.47 Å². The molecule has 0 radical (unpaired) electrons. The number of ether oxygens (including phenoxy) is 2. The van der Waals surface area contributed by atoms with Crippen LogP contribution in [-0.4, -0.2) is 16.1 Å². The molecule has 0 saturated carbocycles. The summed E-state index contributed by atoms with van der Waals surface area (Å²) in [6.07, 6.45) is 1.16. The number of carboxylic acid groups (broad SMARTS) is 1. The van der Waals surface area contributed by atoms with Crippen LogP contribution in [-0.2, 0) is 17.8 Å². The Morgan fingerprint density at radius 1 is 1.04 bits per heavy atom. The first kappa shape index (κ1) is 19.6. The van der Waals surface area contributed by atoms with Gasteiger partial charge >= 0.3 is 5.97 Å². The second-order valence-corrected chi connectivity index (χ2v) is 6.22. The normalized spacial score (nSPS) is 10.5. The smallest absolute Gasteiger partial charge is 0.307 e. The van der Waals surface area contributed by atoms with Gasteiger partial charge in [0.25, 0.3) is 0 Å². The molecule has 5 nitrogen and oxygen atoms in total. The zero-order valence-corrected chi connectivity index (χ0v) is 15.1. The van der Waals surface area contributed by atoms with E-state index in [2.05, 4.69) is 4.98 Å². The number of rotatable bonds is 7. The second-order valence-electron chi connectivity index (χ2n) is 5.78. The van der Waals surface area contributed by atoms with Gasteiger partial charge in [0, 0.05) is 17.3 Å². The van der Waals surface area contributed by atoms with E-state index in [1.54, 1.807) is 0 Å². The first-order valence-electron chi connectivity index (χ1n) is 8.11. The van der Waals surface area contributed by atoms with E-state index in [0.29, 0.717) is 17.0 Å². The zero-order valence-electron chi connectivity index (χ0n) is 14.4. The van der Waals surface area contributed by atoms with Crippen molar-refractivity contribution in [2.75, 3.05) is 0 Å². The van der Waals surface area contributed by atoms with Crippen LogP contribution in [0.4, 0.5) is 8.78 Å². The van der Waals surface area contributed by atoms with Gasteiger partial charge in [-0.05, 0) is 42.0 Å². The number of benzene rings is 2. The molecule has 1 heterocycles. The first-order chi connectivity index (χ1) is 13.4. The van der Waals surface area contributed by atoms with Gasteiger partial charge in [-0.1, -0.05) is 17.7 Å². The summed E-state index contributed by atoms with van der Waals surface area (Å²) in [5.41, 5.74) is 0.765. The fourth-order valence-electron chi connectivity index (χ4n) is 2.38. The van der Waals surface area contributed by atoms with Crippen molar-refractivity contribution < 1.29 is 28.2 Å². The molecule has 1 N–H and O–H groups in total. The SMILES string of the molecule is O=C(O)Cc1ccc(Oc2ccnc(COc3ccc(Cl)cc3F)c2)c(F)c1. The number of aliphatic carboxylic acids is 1. The lowest BCUT2D eigenvalue weighted by Gasteiger charge is -2.10. The standard InChI is InChI=1S/C20H14ClF2NO4/c21-13-2-4-18(17(23)9-13)27-11-14-10-15(5-6-24-14)28-19-3-1-12(7-16(19)22)8-20(25)26/h1-7,9-10H,8,11H2,(H,25,26). The van der Waals surface area contributed by atoms with Crippen LogP contribution in [0, 0.1) is 11.6 Å². The molecule has 144 valence electrons. The maximum absolute atomic E-state index is 14.1. The van der Waals surface area contributed by atoms with Crippen LogP contribution in [0.5, 0.6) is 17.2 Å². The summed E-state index contributed by atoms with van der Waals surface area (Å²) >= 11 is 5.70. The molecule has 0 bridgehead atoms. The van der Waals surface area contributed by atoms with E-state index < -0.39 is 17.6 Å². The Labute approximate surface area is 164 Å². The highest BCUT2D eigenvalue weighted by Gasteiger charge is 2.10. The Kier molecular flexibility index (Phi) is 6.06. The van der Waals surface area contributed by atoms with E-state index in [1.165, 1.54) is 42.6 Å². The number of nitrogens with zero attached hydrogens (tertiary/aromatic N) is 1. The summed E-state index contributed by atoms with van der Waals surface area (Å²) < 4.78 is 38.7. The van der Waals surface area contributed by atoms with Crippen LogP contribution in [0.3, 0.4) is 0 Å². The topological polar surface area (TPSA) is 68.7 Å². The van der Waals surface area contributed by atoms with Gasteiger partial charge in [-0.3, -0.25) is 9.78 Å². The Bertz CT molecular complexity index is 1010. The molecule has 0 saturated heterocycles. The Morgan fingerprint density at radius 3 is 2.50 bits per heavy atom. The molecular weight excluding hydrogens is 392 g/mol. The van der Waals surface area contributed by atoms with Crippen molar-refractivity contribution in [3.8, 4) is 17.2 Å². The van der Waals surface area contributed by atoms with Gasteiger partial charge in [0.15, 0.2) is 23.1 Å². The first-order valence-corrected chi connectivity index (χ1v) is 8.49. The summed E-state index contributed by atoms with van der Waals surface area (Å²) in [4.78, 5) is 14.8. The molecule has 28 heavy (non-hydrogen) atoms. The fourth-order valence-corrected chi connectivity index (χ4v) is 2.54. The summed E-state index contributed by atoms with van der Waals surface area (Å²) in [6, 6.07) is 11.0. The van der Waals surface area contributed by atoms with Crippen molar-refractivity contribution in [2.24, 2.45) is 0 Å². The van der Waals surface area contributed by atoms with E-state index >= 15 is 0 Å². The summed E-state index contributed by atoms with van der Waals surface area (Å²) in [5, 5.41) is 9.01. The van der Waals surface area contributed by atoms with Crippen molar-refractivity contribution in [3.63, 3.8) is 0 Å². The molecule has 0 aliphatic heterocycles. The lowest BCUT2D eigenvalue weighted by Crippen LogP contribution is -2.01. The van der Waals surface area contributed by atoms with Crippen LogP contribution in [0.1, 0.15) is 11.3 Å². The molecule has 2 aromatic carbocycles. The number of hydrogen-bond acceptors (Lipinski definition) is 4. The molecule has 0 atom stereocenters. The summed E-state index contributed by atoms with van der Waals surface area (Å²) in [6.45, 7) is -0.0320. The maximum atomic E-state index is 14.1. The lowest BCUT2D eigenvalue weighted by molar-refractivity contribution is -0.136. The third-order valence-corrected chi connectivity index (χ3v) is 3.87. The Morgan fingerprint density at radius 2 is 1.79 bits per heavy atom. The average Bonchev–Trinajstić information content (AvgIpc) is 2.63. The van der Waals surface area contributed by atoms with Crippen molar-refractivity contribution in [2.45, 2.75) is 13.0 Å². The highest BCUT2D eigenvalue weighted by molar-refractivity contribution is 6.30. The lowest BCUT2D eigenvalue weighted by atomic mass is 10.1. The molecular formula is C20H14ClF2NO4. The number of carbonyl (C=O) groups is 1. The van der Waals surface area contributed by atoms with E-state index in [0.717, 1.165) is 12.1 Å². The van der Waals surface area contributed by atoms with Gasteiger partial charge < -0.3 is 14.6 Å². The van der Waals surface area contributed by atoms with E-state index in [1.807, 2.05) is 0 Å². The van der Waals surface area contributed by atoms with Gasteiger partial charge in [-0.15, -0.1) is 0 Å². The Hall–Kier alpha value is -3.19. The largest absolute Gasteiger partial charge is 0.484 e. The van der Waals surface area contributed by atoms with Crippen molar-refractivity contribution in [1.82, 2.24) is 4.98 Å². The van der Waals surface area contributed by atoms with Gasteiger partial charge in [0.05, 0.1) is 12.1 Å². The van der Waals surface area contributed by atoms with Gasteiger partial charge in [0.2, 0.25) is 0 Å². The minimum Gasteiger partial charge on any atom is -0.484 e. The Balaban J connectivity index is 1.68. The number of aromatic nitrogens is 1. The predicted molar refractivity (Wildman–Crippen MR) is 97.8 cm³/mol. The van der Waals surface area contributed by atoms with Crippen LogP contribution in [0.15, 0.2) is 54.7 Å². The quantitative estimate of drug-likeness (QED) is 0.598. The minimum atomic E-state index is -1.05. The molecule has 8 heteroatoms. The van der Waals surface area contributed by atoms with Gasteiger partial charge in [0.1, 0.15) is 12.4 Å². The van der Waals surface area contributed by atoms with E-state index in [4.69, 9.17) is 26.2 Å². The van der Waals surface area contributed by atoms with Crippen molar-refractivity contribution in [1.29, 1.82) is 0 Å². The van der Waals surface area contributed by atoms with Crippen LogP contribution in [0.2, 0.25) is 5.02 Å². The minimum absolute atomic E-state index is 0.0255. The molecule has 0 fully saturated rings. The third kappa shape index (κ3) is 5.17. The monoisotopic (exact) mass is 405 g/mol. The van der Waals surface area contributed by atoms with E-state index in [9.17, 15) is 13.6 Å². The number of hydrogen-bond donors (Lipinski definition) is 1. The van der Waals surface area contributed by atoms with Gasteiger partial charge in [-0.2, -0.15) is 0 Å². The second kappa shape index (κ2) is 8.67. The molecule has 0 spiro atoms. The highest BCUT2D eigenvalue weighted by Crippen LogP contribution is 2.26. The molecule has 0 unspecified atom stereocenters. The summed E-state index contributed by atoms with van der Waals surface area (Å²) in [7, 11) is 0. The van der Waals surface area contributed by atoms with Gasteiger partial charge in [-0.25, -0.2) is 8.78 Å². The third-order valence-electron chi connectivity index (χ3n) is 3.64. The highest BCUT2D eigenvalue weighted by atomic mass is 35.5. The van der Waals surface area contributed by atoms with Crippen LogP contribution >= 0.6 is 11.6 Å². The van der Waals surface area contributed by atoms with E-state index in [-0.39, 0.29) is 29.5 Å². The molecule has 0 aliphatic carbocycles. The number of pyridine rings is 1. The zero-order chi connectivity index (χ0) is 20.1. The molecule has 1 aromatic heterocycles. The average molecular weight is 406 g/mol. The maximum Gasteiger partial charge on any atom is 0.307 e. The molecule has 0 aliphatic rings. The molecule has 3 aromatic rings.